The van der Waals surface area contributed by atoms with Crippen LogP contribution in [0, 0.1) is 13.8 Å². The van der Waals surface area contributed by atoms with Gasteiger partial charge in [0.25, 0.3) is 0 Å². The second-order valence-corrected chi connectivity index (χ2v) is 3.78. The molecule has 3 nitrogen and oxygen atoms in total. The van der Waals surface area contributed by atoms with Crippen molar-refractivity contribution in [2.45, 2.75) is 13.8 Å². The average Bonchev–Trinajstić information content (AvgIpc) is 2.17. The van der Waals surface area contributed by atoms with Crippen LogP contribution in [0.5, 0.6) is 5.75 Å². The molecule has 0 amide bonds. The number of rotatable bonds is 4. The molecule has 3 heteroatoms. The number of aryl methyl sites for hydroxylation is 2. The van der Waals surface area contributed by atoms with E-state index in [1.165, 1.54) is 5.56 Å². The number of aliphatic hydroxyl groups is 1. The van der Waals surface area contributed by atoms with Crippen molar-refractivity contribution in [1.82, 2.24) is 0 Å². The first-order chi connectivity index (χ1) is 7.10. The highest BCUT2D eigenvalue weighted by molar-refractivity contribution is 5.63. The van der Waals surface area contributed by atoms with Gasteiger partial charge in [0.1, 0.15) is 5.75 Å². The minimum Gasteiger partial charge on any atom is -0.494 e. The highest BCUT2D eigenvalue weighted by Gasteiger charge is 2.10. The lowest BCUT2D eigenvalue weighted by atomic mass is 10.1. The molecule has 0 fully saturated rings. The zero-order chi connectivity index (χ0) is 11.4. The second kappa shape index (κ2) is 5.03. The summed E-state index contributed by atoms with van der Waals surface area (Å²) in [6, 6.07) is 4.16. The molecule has 0 saturated heterocycles. The van der Waals surface area contributed by atoms with Crippen LogP contribution in [0.1, 0.15) is 11.1 Å². The maximum atomic E-state index is 8.92. The number of benzene rings is 1. The molecular formula is C12H19NO2. The standard InChI is InChI=1S/C12H19NO2/c1-9-7-10(2)12(15-4)11(8-9)13(3)5-6-14/h7-8,14H,5-6H2,1-4H3. The smallest absolute Gasteiger partial charge is 0.145 e. The fraction of sp³-hybridized carbons (Fsp3) is 0.500. The SMILES string of the molecule is COc1c(C)cc(C)cc1N(C)CCO. The largest absolute Gasteiger partial charge is 0.494 e. The predicted molar refractivity (Wildman–Crippen MR) is 62.8 cm³/mol. The molecular weight excluding hydrogens is 190 g/mol. The number of likely N-dealkylation sites (N-methyl/N-ethyl adjacent to an activating group) is 1. The van der Waals surface area contributed by atoms with E-state index >= 15 is 0 Å². The van der Waals surface area contributed by atoms with Crippen molar-refractivity contribution in [3.8, 4) is 5.75 Å². The average molecular weight is 209 g/mol. The van der Waals surface area contributed by atoms with Crippen LogP contribution in [-0.2, 0) is 0 Å². The molecule has 0 aliphatic rings. The van der Waals surface area contributed by atoms with Gasteiger partial charge in [-0.3, -0.25) is 0 Å². The molecule has 0 saturated carbocycles. The lowest BCUT2D eigenvalue weighted by Gasteiger charge is -2.22. The van der Waals surface area contributed by atoms with Gasteiger partial charge in [0.15, 0.2) is 0 Å². The Morgan fingerprint density at radius 1 is 1.33 bits per heavy atom. The van der Waals surface area contributed by atoms with Gasteiger partial charge in [-0.15, -0.1) is 0 Å². The summed E-state index contributed by atoms with van der Waals surface area (Å²) in [5, 5.41) is 8.92. The number of hydrogen-bond acceptors (Lipinski definition) is 3. The summed E-state index contributed by atoms with van der Waals surface area (Å²) >= 11 is 0. The zero-order valence-corrected chi connectivity index (χ0v) is 9.87. The maximum absolute atomic E-state index is 8.92. The fourth-order valence-corrected chi connectivity index (χ4v) is 1.75. The van der Waals surface area contributed by atoms with Gasteiger partial charge in [0.05, 0.1) is 19.4 Å². The van der Waals surface area contributed by atoms with Gasteiger partial charge in [0, 0.05) is 13.6 Å². The molecule has 0 radical (unpaired) electrons. The van der Waals surface area contributed by atoms with Gasteiger partial charge >= 0.3 is 0 Å². The first-order valence-corrected chi connectivity index (χ1v) is 5.07. The van der Waals surface area contributed by atoms with Crippen molar-refractivity contribution in [3.05, 3.63) is 23.3 Å². The third-order valence-electron chi connectivity index (χ3n) is 2.45. The zero-order valence-electron chi connectivity index (χ0n) is 9.87. The van der Waals surface area contributed by atoms with E-state index in [0.29, 0.717) is 6.54 Å². The maximum Gasteiger partial charge on any atom is 0.145 e. The van der Waals surface area contributed by atoms with E-state index in [9.17, 15) is 0 Å². The summed E-state index contributed by atoms with van der Waals surface area (Å²) in [5.41, 5.74) is 3.36. The fourth-order valence-electron chi connectivity index (χ4n) is 1.75. The molecule has 1 aromatic carbocycles. The summed E-state index contributed by atoms with van der Waals surface area (Å²) in [5.74, 6) is 0.886. The first-order valence-electron chi connectivity index (χ1n) is 5.07. The highest BCUT2D eigenvalue weighted by atomic mass is 16.5. The molecule has 0 unspecified atom stereocenters. The number of nitrogens with zero attached hydrogens (tertiary/aromatic N) is 1. The van der Waals surface area contributed by atoms with Crippen LogP contribution in [0.15, 0.2) is 12.1 Å². The lowest BCUT2D eigenvalue weighted by Crippen LogP contribution is -2.22. The van der Waals surface area contributed by atoms with Crippen LogP contribution in [0.3, 0.4) is 0 Å². The van der Waals surface area contributed by atoms with E-state index in [-0.39, 0.29) is 6.61 Å². The van der Waals surface area contributed by atoms with Gasteiger partial charge < -0.3 is 14.7 Å². The van der Waals surface area contributed by atoms with Crippen LogP contribution in [-0.4, -0.2) is 32.4 Å². The van der Waals surface area contributed by atoms with Gasteiger partial charge in [-0.1, -0.05) is 6.07 Å². The summed E-state index contributed by atoms with van der Waals surface area (Å²) in [6.07, 6.45) is 0. The quantitative estimate of drug-likeness (QED) is 0.820. The normalized spacial score (nSPS) is 10.2. The third kappa shape index (κ3) is 2.63. The summed E-state index contributed by atoms with van der Waals surface area (Å²) in [6.45, 7) is 4.84. The van der Waals surface area contributed by atoms with Crippen LogP contribution in [0.25, 0.3) is 0 Å². The number of hydrogen-bond donors (Lipinski definition) is 1. The molecule has 15 heavy (non-hydrogen) atoms. The van der Waals surface area contributed by atoms with E-state index < -0.39 is 0 Å². The van der Waals surface area contributed by atoms with Gasteiger partial charge in [0.2, 0.25) is 0 Å². The van der Waals surface area contributed by atoms with Gasteiger partial charge in [-0.2, -0.15) is 0 Å². The van der Waals surface area contributed by atoms with E-state index in [1.807, 2.05) is 18.9 Å². The molecule has 0 aromatic heterocycles. The van der Waals surface area contributed by atoms with Crippen LogP contribution in [0.2, 0.25) is 0 Å². The molecule has 0 atom stereocenters. The molecule has 0 aliphatic carbocycles. The molecule has 1 aromatic rings. The van der Waals surface area contributed by atoms with Crippen LogP contribution >= 0.6 is 0 Å². The Balaban J connectivity index is 3.13. The number of anilines is 1. The Labute approximate surface area is 91.3 Å². The molecule has 0 spiro atoms. The van der Waals surface area contributed by atoms with Crippen molar-refractivity contribution in [3.63, 3.8) is 0 Å². The van der Waals surface area contributed by atoms with Crippen LogP contribution in [0.4, 0.5) is 5.69 Å². The van der Waals surface area contributed by atoms with Crippen LogP contribution < -0.4 is 9.64 Å². The highest BCUT2D eigenvalue weighted by Crippen LogP contribution is 2.32. The Hall–Kier alpha value is -1.22. The van der Waals surface area contributed by atoms with E-state index in [2.05, 4.69) is 19.1 Å². The molecule has 84 valence electrons. The molecule has 0 bridgehead atoms. The van der Waals surface area contributed by atoms with Gasteiger partial charge in [-0.05, 0) is 31.0 Å². The summed E-state index contributed by atoms with van der Waals surface area (Å²) in [4.78, 5) is 2.00. The van der Waals surface area contributed by atoms with Crippen molar-refractivity contribution in [2.75, 3.05) is 32.2 Å². The molecule has 0 aliphatic heterocycles. The molecule has 1 rings (SSSR count). The number of methoxy groups -OCH3 is 1. The summed E-state index contributed by atoms with van der Waals surface area (Å²) < 4.78 is 5.38. The van der Waals surface area contributed by atoms with E-state index in [1.54, 1.807) is 7.11 Å². The second-order valence-electron chi connectivity index (χ2n) is 3.78. The van der Waals surface area contributed by atoms with E-state index in [0.717, 1.165) is 17.0 Å². The van der Waals surface area contributed by atoms with Crippen molar-refractivity contribution in [2.24, 2.45) is 0 Å². The Morgan fingerprint density at radius 2 is 2.00 bits per heavy atom. The summed E-state index contributed by atoms with van der Waals surface area (Å²) in [7, 11) is 3.63. The molecule has 1 N–H and O–H groups in total. The topological polar surface area (TPSA) is 32.7 Å². The number of ether oxygens (including phenoxy) is 1. The third-order valence-corrected chi connectivity index (χ3v) is 2.45. The van der Waals surface area contributed by atoms with Crippen molar-refractivity contribution in [1.29, 1.82) is 0 Å². The Bertz CT molecular complexity index is 337. The molecule has 0 heterocycles. The van der Waals surface area contributed by atoms with Crippen molar-refractivity contribution >= 4 is 5.69 Å². The Morgan fingerprint density at radius 3 is 2.53 bits per heavy atom. The Kier molecular flexibility index (Phi) is 3.97. The minimum absolute atomic E-state index is 0.145. The van der Waals surface area contributed by atoms with Gasteiger partial charge in [-0.25, -0.2) is 0 Å². The lowest BCUT2D eigenvalue weighted by molar-refractivity contribution is 0.303. The van der Waals surface area contributed by atoms with E-state index in [4.69, 9.17) is 9.84 Å². The van der Waals surface area contributed by atoms with Crippen molar-refractivity contribution < 1.29 is 9.84 Å². The monoisotopic (exact) mass is 209 g/mol. The first kappa shape index (κ1) is 11.9. The minimum atomic E-state index is 0.145. The predicted octanol–water partition coefficient (Wildman–Crippen LogP) is 1.74. The number of aliphatic hydroxyl groups excluding tert-OH is 1.